The van der Waals surface area contributed by atoms with E-state index in [9.17, 15) is 0 Å². The lowest BCUT2D eigenvalue weighted by Crippen LogP contribution is -2.05. The summed E-state index contributed by atoms with van der Waals surface area (Å²) in [6.07, 6.45) is 3.81. The van der Waals surface area contributed by atoms with Crippen molar-refractivity contribution >= 4 is 0 Å². The lowest BCUT2D eigenvalue weighted by atomic mass is 10.0. The minimum absolute atomic E-state index is 0.304. The molecule has 1 aliphatic carbocycles. The second-order valence-electron chi connectivity index (χ2n) is 5.65. The third-order valence-electron chi connectivity index (χ3n) is 4.33. The fourth-order valence-electron chi connectivity index (χ4n) is 3.17. The van der Waals surface area contributed by atoms with Gasteiger partial charge in [-0.1, -0.05) is 32.0 Å². The van der Waals surface area contributed by atoms with Gasteiger partial charge in [-0.15, -0.1) is 0 Å². The van der Waals surface area contributed by atoms with E-state index in [1.165, 1.54) is 11.3 Å². The normalized spacial score (nSPS) is 25.1. The molecule has 3 nitrogen and oxygen atoms in total. The zero-order valence-electron chi connectivity index (χ0n) is 10.9. The van der Waals surface area contributed by atoms with Crippen LogP contribution < -0.4 is 5.73 Å². The smallest absolute Gasteiger partial charge is 0.0680 e. The van der Waals surface area contributed by atoms with Crippen molar-refractivity contribution in [3.8, 4) is 5.69 Å². The monoisotopic (exact) mass is 241 g/mol. The minimum Gasteiger partial charge on any atom is -0.330 e. The molecule has 3 rings (SSSR count). The summed E-state index contributed by atoms with van der Waals surface area (Å²) >= 11 is 0. The first-order valence-corrected chi connectivity index (χ1v) is 6.45. The van der Waals surface area contributed by atoms with E-state index in [-0.39, 0.29) is 0 Å². The Balaban J connectivity index is 2.04. The summed E-state index contributed by atoms with van der Waals surface area (Å²) in [6, 6.07) is 10.5. The zero-order chi connectivity index (χ0) is 12.8. The molecule has 1 heterocycles. The standard InChI is InChI=1S/C15H19N3/c1-15(2)12(10-16)14(15)11-6-3-4-7-13(11)18-9-5-8-17-18/h3-9,12,14H,10,16H2,1-2H3/t12-,14-/m1/s1. The lowest BCUT2D eigenvalue weighted by Gasteiger charge is -2.10. The molecule has 2 aromatic rings. The van der Waals surface area contributed by atoms with Crippen LogP contribution in [0.5, 0.6) is 0 Å². The first kappa shape index (κ1) is 11.5. The maximum absolute atomic E-state index is 5.88. The molecule has 0 unspecified atom stereocenters. The minimum atomic E-state index is 0.304. The van der Waals surface area contributed by atoms with Crippen molar-refractivity contribution < 1.29 is 0 Å². The van der Waals surface area contributed by atoms with E-state index >= 15 is 0 Å². The van der Waals surface area contributed by atoms with Crippen molar-refractivity contribution in [2.75, 3.05) is 6.54 Å². The topological polar surface area (TPSA) is 43.8 Å². The number of nitrogens with zero attached hydrogens (tertiary/aromatic N) is 2. The summed E-state index contributed by atoms with van der Waals surface area (Å²) in [5.41, 5.74) is 8.73. The number of para-hydroxylation sites is 1. The van der Waals surface area contributed by atoms with Crippen LogP contribution in [0.25, 0.3) is 5.69 Å². The van der Waals surface area contributed by atoms with Gasteiger partial charge in [-0.3, -0.25) is 0 Å². The Kier molecular flexibility index (Phi) is 2.52. The van der Waals surface area contributed by atoms with E-state index in [2.05, 4.69) is 43.2 Å². The van der Waals surface area contributed by atoms with E-state index in [1.807, 2.05) is 23.1 Å². The molecule has 1 saturated carbocycles. The lowest BCUT2D eigenvalue weighted by molar-refractivity contribution is 0.558. The average Bonchev–Trinajstić information content (AvgIpc) is 2.76. The van der Waals surface area contributed by atoms with E-state index < -0.39 is 0 Å². The zero-order valence-corrected chi connectivity index (χ0v) is 10.9. The first-order valence-electron chi connectivity index (χ1n) is 6.45. The van der Waals surface area contributed by atoms with Gasteiger partial charge in [0.25, 0.3) is 0 Å². The van der Waals surface area contributed by atoms with Crippen molar-refractivity contribution in [3.05, 3.63) is 48.3 Å². The molecule has 3 heteroatoms. The van der Waals surface area contributed by atoms with Crippen LogP contribution in [0.15, 0.2) is 42.7 Å². The number of nitrogens with two attached hydrogens (primary N) is 1. The molecule has 0 bridgehead atoms. The van der Waals surface area contributed by atoms with E-state index in [4.69, 9.17) is 5.73 Å². The Morgan fingerprint density at radius 3 is 2.67 bits per heavy atom. The Morgan fingerprint density at radius 1 is 1.28 bits per heavy atom. The molecule has 0 amide bonds. The highest BCUT2D eigenvalue weighted by Crippen LogP contribution is 2.64. The summed E-state index contributed by atoms with van der Waals surface area (Å²) in [4.78, 5) is 0. The van der Waals surface area contributed by atoms with Crippen molar-refractivity contribution in [1.29, 1.82) is 0 Å². The second kappa shape index (κ2) is 3.95. The molecular formula is C15H19N3. The van der Waals surface area contributed by atoms with Gasteiger partial charge in [0, 0.05) is 12.4 Å². The van der Waals surface area contributed by atoms with Crippen LogP contribution in [-0.2, 0) is 0 Å². The quantitative estimate of drug-likeness (QED) is 0.897. The van der Waals surface area contributed by atoms with E-state index in [1.54, 1.807) is 0 Å². The van der Waals surface area contributed by atoms with E-state index in [0.717, 1.165) is 6.54 Å². The van der Waals surface area contributed by atoms with Crippen molar-refractivity contribution in [2.24, 2.45) is 17.1 Å². The Bertz CT molecular complexity index is 543. The number of rotatable bonds is 3. The van der Waals surface area contributed by atoms with Crippen LogP contribution >= 0.6 is 0 Å². The van der Waals surface area contributed by atoms with Crippen LogP contribution in [0.1, 0.15) is 25.3 Å². The van der Waals surface area contributed by atoms with Gasteiger partial charge in [0.15, 0.2) is 0 Å². The third-order valence-corrected chi connectivity index (χ3v) is 4.33. The highest BCUT2D eigenvalue weighted by Gasteiger charge is 2.57. The van der Waals surface area contributed by atoms with Crippen molar-refractivity contribution in [3.63, 3.8) is 0 Å². The predicted octanol–water partition coefficient (Wildman–Crippen LogP) is 2.57. The Labute approximate surface area is 108 Å². The number of benzene rings is 1. The highest BCUT2D eigenvalue weighted by molar-refractivity contribution is 5.47. The molecule has 0 aliphatic heterocycles. The van der Waals surface area contributed by atoms with Gasteiger partial charge in [-0.2, -0.15) is 5.10 Å². The molecule has 1 aromatic heterocycles. The molecule has 18 heavy (non-hydrogen) atoms. The van der Waals surface area contributed by atoms with Gasteiger partial charge in [-0.05, 0) is 41.5 Å². The molecule has 0 spiro atoms. The molecule has 1 aromatic carbocycles. The summed E-state index contributed by atoms with van der Waals surface area (Å²) in [5.74, 6) is 1.12. The summed E-state index contributed by atoms with van der Waals surface area (Å²) in [7, 11) is 0. The maximum atomic E-state index is 5.88. The molecule has 1 fully saturated rings. The van der Waals surface area contributed by atoms with Gasteiger partial charge in [0.2, 0.25) is 0 Å². The number of hydrogen-bond acceptors (Lipinski definition) is 2. The van der Waals surface area contributed by atoms with Gasteiger partial charge in [-0.25, -0.2) is 4.68 Å². The largest absolute Gasteiger partial charge is 0.330 e. The molecule has 1 aliphatic rings. The average molecular weight is 241 g/mol. The molecule has 94 valence electrons. The first-order chi connectivity index (χ1) is 8.66. The summed E-state index contributed by atoms with van der Waals surface area (Å²) in [6.45, 7) is 5.36. The van der Waals surface area contributed by atoms with Gasteiger partial charge in [0.1, 0.15) is 0 Å². The molecule has 0 radical (unpaired) electrons. The summed E-state index contributed by atoms with van der Waals surface area (Å²) in [5, 5.41) is 4.34. The van der Waals surface area contributed by atoms with Crippen LogP contribution in [0.3, 0.4) is 0 Å². The van der Waals surface area contributed by atoms with Crippen molar-refractivity contribution in [1.82, 2.24) is 9.78 Å². The van der Waals surface area contributed by atoms with Crippen LogP contribution in [0.2, 0.25) is 0 Å². The SMILES string of the molecule is CC1(C)[C@H](CN)[C@H]1c1ccccc1-n1cccn1. The van der Waals surface area contributed by atoms with Crippen LogP contribution in [0, 0.1) is 11.3 Å². The van der Waals surface area contributed by atoms with Gasteiger partial charge in [0.05, 0.1) is 5.69 Å². The van der Waals surface area contributed by atoms with Gasteiger partial charge >= 0.3 is 0 Å². The van der Waals surface area contributed by atoms with Gasteiger partial charge < -0.3 is 5.73 Å². The Morgan fingerprint density at radius 2 is 2.06 bits per heavy atom. The van der Waals surface area contributed by atoms with Crippen molar-refractivity contribution in [2.45, 2.75) is 19.8 Å². The second-order valence-corrected chi connectivity index (χ2v) is 5.65. The third kappa shape index (κ3) is 1.58. The molecule has 0 saturated heterocycles. The molecule has 2 atom stereocenters. The Hall–Kier alpha value is -1.61. The summed E-state index contributed by atoms with van der Waals surface area (Å²) < 4.78 is 1.94. The number of hydrogen-bond donors (Lipinski definition) is 1. The maximum Gasteiger partial charge on any atom is 0.0680 e. The van der Waals surface area contributed by atoms with Crippen LogP contribution in [0.4, 0.5) is 0 Å². The molecule has 2 N–H and O–H groups in total. The predicted molar refractivity (Wildman–Crippen MR) is 72.6 cm³/mol. The highest BCUT2D eigenvalue weighted by atomic mass is 15.3. The van der Waals surface area contributed by atoms with Crippen LogP contribution in [-0.4, -0.2) is 16.3 Å². The van der Waals surface area contributed by atoms with E-state index in [0.29, 0.717) is 17.3 Å². The molecular weight excluding hydrogens is 222 g/mol. The fourth-order valence-corrected chi connectivity index (χ4v) is 3.17. The number of aromatic nitrogens is 2. The fraction of sp³-hybridized carbons (Fsp3) is 0.400.